The number of rotatable bonds is 5. The van der Waals surface area contributed by atoms with Gasteiger partial charge in [-0.05, 0) is 53.9 Å². The molecule has 0 aliphatic heterocycles. The molecule has 1 aromatic carbocycles. The number of carboxylic acid groups (broad SMARTS) is 1. The van der Waals surface area contributed by atoms with Gasteiger partial charge < -0.3 is 15.7 Å². The second-order valence-electron chi connectivity index (χ2n) is 4.95. The predicted octanol–water partition coefficient (Wildman–Crippen LogP) is 3.52. The van der Waals surface area contributed by atoms with Gasteiger partial charge in [-0.1, -0.05) is 19.4 Å². The number of aryl methyl sites for hydroxylation is 1. The van der Waals surface area contributed by atoms with Crippen molar-refractivity contribution in [2.24, 2.45) is 0 Å². The minimum Gasteiger partial charge on any atom is -0.480 e. The van der Waals surface area contributed by atoms with Crippen LogP contribution in [0.15, 0.2) is 22.7 Å². The van der Waals surface area contributed by atoms with Crippen LogP contribution in [0.4, 0.5) is 10.5 Å². The van der Waals surface area contributed by atoms with E-state index in [2.05, 4.69) is 26.6 Å². The van der Waals surface area contributed by atoms with Gasteiger partial charge >= 0.3 is 12.0 Å². The van der Waals surface area contributed by atoms with Gasteiger partial charge in [0, 0.05) is 4.47 Å². The van der Waals surface area contributed by atoms with Crippen molar-refractivity contribution in [1.29, 1.82) is 0 Å². The molecule has 0 radical (unpaired) electrons. The minimum absolute atomic E-state index is 0.366. The first kappa shape index (κ1) is 16.5. The molecule has 110 valence electrons. The molecule has 0 aromatic heterocycles. The highest BCUT2D eigenvalue weighted by Crippen LogP contribution is 2.23. The number of benzene rings is 1. The third-order valence-corrected chi connectivity index (χ3v) is 3.64. The summed E-state index contributed by atoms with van der Waals surface area (Å²) in [7, 11) is 0. The van der Waals surface area contributed by atoms with Crippen molar-refractivity contribution in [1.82, 2.24) is 5.32 Å². The zero-order valence-corrected chi connectivity index (χ0v) is 13.4. The van der Waals surface area contributed by atoms with E-state index in [0.29, 0.717) is 18.5 Å². The molecule has 5 nitrogen and oxygen atoms in total. The number of anilines is 1. The lowest BCUT2D eigenvalue weighted by atomic mass is 9.97. The second-order valence-corrected chi connectivity index (χ2v) is 5.80. The molecule has 0 fully saturated rings. The number of nitrogens with one attached hydrogen (secondary N) is 2. The largest absolute Gasteiger partial charge is 0.480 e. The van der Waals surface area contributed by atoms with E-state index < -0.39 is 17.5 Å². The number of urea groups is 1. The maximum Gasteiger partial charge on any atom is 0.329 e. The van der Waals surface area contributed by atoms with Gasteiger partial charge in [0.25, 0.3) is 0 Å². The summed E-state index contributed by atoms with van der Waals surface area (Å²) in [5.74, 6) is -1.04. The topological polar surface area (TPSA) is 78.4 Å². The Morgan fingerprint density at radius 3 is 2.55 bits per heavy atom. The van der Waals surface area contributed by atoms with E-state index in [1.807, 2.05) is 26.0 Å². The lowest BCUT2D eigenvalue weighted by molar-refractivity contribution is -0.143. The molecule has 1 unspecified atom stereocenters. The Balaban J connectivity index is 2.78. The third-order valence-electron chi connectivity index (χ3n) is 2.98. The fourth-order valence-electron chi connectivity index (χ4n) is 1.85. The van der Waals surface area contributed by atoms with Crippen LogP contribution in [0, 0.1) is 6.92 Å². The Hall–Kier alpha value is -1.56. The van der Waals surface area contributed by atoms with E-state index in [-0.39, 0.29) is 0 Å². The van der Waals surface area contributed by atoms with Crippen LogP contribution in [0.5, 0.6) is 0 Å². The summed E-state index contributed by atoms with van der Waals surface area (Å²) in [5.41, 5.74) is 0.386. The number of carboxylic acids is 1. The van der Waals surface area contributed by atoms with Crippen LogP contribution in [0.25, 0.3) is 0 Å². The summed E-state index contributed by atoms with van der Waals surface area (Å²) < 4.78 is 0.750. The minimum atomic E-state index is -1.27. The van der Waals surface area contributed by atoms with Crippen molar-refractivity contribution in [3.8, 4) is 0 Å². The van der Waals surface area contributed by atoms with Crippen LogP contribution >= 0.6 is 15.9 Å². The van der Waals surface area contributed by atoms with Crippen molar-refractivity contribution < 1.29 is 14.7 Å². The summed E-state index contributed by atoms with van der Waals surface area (Å²) in [6.07, 6.45) is 1.03. The molecule has 6 heteroatoms. The number of aliphatic carboxylic acids is 1. The highest BCUT2D eigenvalue weighted by molar-refractivity contribution is 9.10. The molecule has 0 saturated heterocycles. The molecule has 0 saturated carbocycles. The highest BCUT2D eigenvalue weighted by Gasteiger charge is 2.33. The van der Waals surface area contributed by atoms with Crippen molar-refractivity contribution >= 4 is 33.6 Å². The normalized spacial score (nSPS) is 13.4. The summed E-state index contributed by atoms with van der Waals surface area (Å²) >= 11 is 3.36. The van der Waals surface area contributed by atoms with Crippen molar-refractivity contribution in [3.05, 3.63) is 28.2 Å². The van der Waals surface area contributed by atoms with Crippen molar-refractivity contribution in [3.63, 3.8) is 0 Å². The maximum absolute atomic E-state index is 11.9. The fourth-order valence-corrected chi connectivity index (χ4v) is 2.44. The molecule has 1 atom stereocenters. The van der Waals surface area contributed by atoms with Crippen LogP contribution in [0.1, 0.15) is 32.3 Å². The highest BCUT2D eigenvalue weighted by atomic mass is 79.9. The van der Waals surface area contributed by atoms with Gasteiger partial charge in [0.15, 0.2) is 0 Å². The van der Waals surface area contributed by atoms with Crippen LogP contribution in [0.3, 0.4) is 0 Å². The van der Waals surface area contributed by atoms with E-state index in [1.54, 1.807) is 6.07 Å². The lowest BCUT2D eigenvalue weighted by Crippen LogP contribution is -2.53. The molecular weight excluding hydrogens is 324 g/mol. The number of amides is 2. The Labute approximate surface area is 126 Å². The fraction of sp³-hybridized carbons (Fsp3) is 0.429. The Morgan fingerprint density at radius 1 is 1.40 bits per heavy atom. The first-order valence-electron chi connectivity index (χ1n) is 6.37. The molecule has 20 heavy (non-hydrogen) atoms. The summed E-state index contributed by atoms with van der Waals surface area (Å²) in [6.45, 7) is 5.32. The molecule has 0 aliphatic rings. The van der Waals surface area contributed by atoms with E-state index in [9.17, 15) is 14.7 Å². The standard InChI is InChI=1S/C14H19BrN2O3/c1-4-7-14(3,12(18)19)17-13(20)16-11-6-5-9(2)8-10(11)15/h5-6,8H,4,7H2,1-3H3,(H,18,19)(H2,16,17,20). The first-order valence-corrected chi connectivity index (χ1v) is 7.16. The molecule has 3 N–H and O–H groups in total. The molecule has 2 amide bonds. The molecular formula is C14H19BrN2O3. The molecule has 1 rings (SSSR count). The third kappa shape index (κ3) is 4.23. The average Bonchev–Trinajstić information content (AvgIpc) is 2.32. The van der Waals surface area contributed by atoms with E-state index in [1.165, 1.54) is 6.92 Å². The predicted molar refractivity (Wildman–Crippen MR) is 82.0 cm³/mol. The summed E-state index contributed by atoms with van der Waals surface area (Å²) in [4.78, 5) is 23.2. The molecule has 0 heterocycles. The number of hydrogen-bond donors (Lipinski definition) is 3. The zero-order valence-electron chi connectivity index (χ0n) is 11.8. The Morgan fingerprint density at radius 2 is 2.05 bits per heavy atom. The Kier molecular flexibility index (Phi) is 5.56. The van der Waals surface area contributed by atoms with Gasteiger partial charge in [-0.15, -0.1) is 0 Å². The van der Waals surface area contributed by atoms with Gasteiger partial charge in [0.2, 0.25) is 0 Å². The SMILES string of the molecule is CCCC(C)(NC(=O)Nc1ccc(C)cc1Br)C(=O)O. The number of halogens is 1. The second kappa shape index (κ2) is 6.74. The Bertz CT molecular complexity index is 519. The number of hydrogen-bond acceptors (Lipinski definition) is 2. The summed E-state index contributed by atoms with van der Waals surface area (Å²) in [5, 5.41) is 14.4. The van der Waals surface area contributed by atoms with E-state index >= 15 is 0 Å². The van der Waals surface area contributed by atoms with Gasteiger partial charge in [0.1, 0.15) is 5.54 Å². The molecule has 1 aromatic rings. The first-order chi connectivity index (χ1) is 9.28. The quantitative estimate of drug-likeness (QED) is 0.765. The summed E-state index contributed by atoms with van der Waals surface area (Å²) in [6, 6.07) is 4.96. The lowest BCUT2D eigenvalue weighted by Gasteiger charge is -2.26. The van der Waals surface area contributed by atoms with Gasteiger partial charge in [0.05, 0.1) is 5.69 Å². The van der Waals surface area contributed by atoms with Crippen LogP contribution in [0.2, 0.25) is 0 Å². The van der Waals surface area contributed by atoms with Crippen molar-refractivity contribution in [2.45, 2.75) is 39.2 Å². The smallest absolute Gasteiger partial charge is 0.329 e. The molecule has 0 aliphatic carbocycles. The monoisotopic (exact) mass is 342 g/mol. The van der Waals surface area contributed by atoms with E-state index in [4.69, 9.17) is 0 Å². The zero-order chi connectivity index (χ0) is 15.3. The van der Waals surface area contributed by atoms with Crippen LogP contribution in [-0.4, -0.2) is 22.6 Å². The maximum atomic E-state index is 11.9. The van der Waals surface area contributed by atoms with Gasteiger partial charge in [-0.25, -0.2) is 9.59 Å². The molecule has 0 spiro atoms. The number of carbonyl (C=O) groups excluding carboxylic acids is 1. The van der Waals surface area contributed by atoms with Gasteiger partial charge in [-0.3, -0.25) is 0 Å². The molecule has 0 bridgehead atoms. The average molecular weight is 343 g/mol. The van der Waals surface area contributed by atoms with Crippen molar-refractivity contribution in [2.75, 3.05) is 5.32 Å². The van der Waals surface area contributed by atoms with E-state index in [0.717, 1.165) is 10.0 Å². The van der Waals surface area contributed by atoms with Crippen LogP contribution < -0.4 is 10.6 Å². The van der Waals surface area contributed by atoms with Crippen LogP contribution in [-0.2, 0) is 4.79 Å². The van der Waals surface area contributed by atoms with Gasteiger partial charge in [-0.2, -0.15) is 0 Å². The number of carbonyl (C=O) groups is 2.